The van der Waals surface area contributed by atoms with E-state index >= 15 is 0 Å². The number of ether oxygens (including phenoxy) is 1. The number of rotatable bonds is 43. The summed E-state index contributed by atoms with van der Waals surface area (Å²) in [5.41, 5.74) is 0. The van der Waals surface area contributed by atoms with Gasteiger partial charge in [-0.05, 0) is 57.8 Å². The van der Waals surface area contributed by atoms with Gasteiger partial charge in [0.15, 0.2) is 0 Å². The molecule has 0 amide bonds. The molecule has 0 saturated heterocycles. The van der Waals surface area contributed by atoms with Crippen molar-refractivity contribution in [1.82, 2.24) is 0 Å². The number of unbranched alkanes of at least 4 members (excludes halogenated alkanes) is 31. The van der Waals surface area contributed by atoms with Crippen molar-refractivity contribution in [3.05, 3.63) is 24.3 Å². The number of hydrogen-bond donors (Lipinski definition) is 1. The monoisotopic (exact) mass is 731 g/mol. The van der Waals surface area contributed by atoms with Crippen molar-refractivity contribution in [3.8, 4) is 0 Å². The van der Waals surface area contributed by atoms with Gasteiger partial charge in [-0.1, -0.05) is 218 Å². The van der Waals surface area contributed by atoms with Crippen molar-refractivity contribution < 1.29 is 19.4 Å². The highest BCUT2D eigenvalue weighted by atomic mass is 16.5. The van der Waals surface area contributed by atoms with Crippen LogP contribution in [0.5, 0.6) is 0 Å². The summed E-state index contributed by atoms with van der Waals surface area (Å²) in [4.78, 5) is 23.7. The summed E-state index contributed by atoms with van der Waals surface area (Å²) in [5.74, 6) is -0.943. The van der Waals surface area contributed by atoms with E-state index in [2.05, 4.69) is 38.2 Å². The van der Waals surface area contributed by atoms with E-state index in [1.54, 1.807) is 0 Å². The van der Waals surface area contributed by atoms with Crippen molar-refractivity contribution >= 4 is 11.9 Å². The maximum atomic E-state index is 12.5. The van der Waals surface area contributed by atoms with Gasteiger partial charge in [-0.2, -0.15) is 0 Å². The quantitative estimate of drug-likeness (QED) is 0.0385. The lowest BCUT2D eigenvalue weighted by Gasteiger charge is -2.17. The summed E-state index contributed by atoms with van der Waals surface area (Å²) in [5, 5.41) is 9.17. The second-order valence-electron chi connectivity index (χ2n) is 15.9. The smallest absolute Gasteiger partial charge is 0.306 e. The summed E-state index contributed by atoms with van der Waals surface area (Å²) >= 11 is 0. The van der Waals surface area contributed by atoms with Crippen LogP contribution in [0.15, 0.2) is 24.3 Å². The van der Waals surface area contributed by atoms with Crippen LogP contribution >= 0.6 is 0 Å². The first-order valence-electron chi connectivity index (χ1n) is 23.3. The van der Waals surface area contributed by atoms with E-state index in [1.807, 2.05) is 0 Å². The Balaban J connectivity index is 3.65. The zero-order valence-electron chi connectivity index (χ0n) is 35.1. The fraction of sp³-hybridized carbons (Fsp3) is 0.875. The number of carboxylic acid groups (broad SMARTS) is 1. The number of allylic oxidation sites excluding steroid dienone is 4. The molecule has 0 spiro atoms. The Morgan fingerprint density at radius 1 is 0.423 bits per heavy atom. The minimum atomic E-state index is -0.807. The van der Waals surface area contributed by atoms with Crippen LogP contribution < -0.4 is 0 Å². The number of aliphatic carboxylic acids is 1. The Morgan fingerprint density at radius 2 is 0.769 bits per heavy atom. The van der Waals surface area contributed by atoms with Crippen LogP contribution in [0.4, 0.5) is 0 Å². The Kier molecular flexibility index (Phi) is 42.5. The zero-order chi connectivity index (χ0) is 37.8. The van der Waals surface area contributed by atoms with E-state index in [0.29, 0.717) is 12.8 Å². The minimum absolute atomic E-state index is 0.0751. The van der Waals surface area contributed by atoms with E-state index in [4.69, 9.17) is 9.84 Å². The highest BCUT2D eigenvalue weighted by Gasteiger charge is 2.16. The van der Waals surface area contributed by atoms with Crippen molar-refractivity contribution in [1.29, 1.82) is 0 Å². The Bertz CT molecular complexity index is 787. The van der Waals surface area contributed by atoms with Gasteiger partial charge in [-0.15, -0.1) is 0 Å². The molecule has 0 fully saturated rings. The highest BCUT2D eigenvalue weighted by molar-refractivity contribution is 5.69. The average Bonchev–Trinajstić information content (AvgIpc) is 3.13. The summed E-state index contributed by atoms with van der Waals surface area (Å²) in [6.07, 6.45) is 56.5. The maximum Gasteiger partial charge on any atom is 0.306 e. The topological polar surface area (TPSA) is 63.6 Å². The Labute approximate surface area is 325 Å². The first-order valence-corrected chi connectivity index (χ1v) is 23.3. The predicted molar refractivity (Wildman–Crippen MR) is 227 cm³/mol. The lowest BCUT2D eigenvalue weighted by atomic mass is 10.0. The molecule has 0 radical (unpaired) electrons. The lowest BCUT2D eigenvalue weighted by Crippen LogP contribution is -2.19. The molecule has 0 heterocycles. The van der Waals surface area contributed by atoms with E-state index < -0.39 is 5.97 Å². The fourth-order valence-electron chi connectivity index (χ4n) is 7.21. The van der Waals surface area contributed by atoms with Gasteiger partial charge in [0.25, 0.3) is 0 Å². The predicted octanol–water partition coefficient (Wildman–Crippen LogP) is 16.3. The molecular weight excluding hydrogens is 641 g/mol. The van der Waals surface area contributed by atoms with Crippen LogP contribution in [0, 0.1) is 0 Å². The van der Waals surface area contributed by atoms with E-state index in [9.17, 15) is 9.59 Å². The number of hydrogen-bond acceptors (Lipinski definition) is 3. The van der Waals surface area contributed by atoms with Gasteiger partial charge in [0, 0.05) is 12.8 Å². The number of carboxylic acids is 1. The third kappa shape index (κ3) is 42.8. The van der Waals surface area contributed by atoms with Gasteiger partial charge >= 0.3 is 11.9 Å². The van der Waals surface area contributed by atoms with Crippen LogP contribution in [0.3, 0.4) is 0 Å². The minimum Gasteiger partial charge on any atom is -0.481 e. The summed E-state index contributed by atoms with van der Waals surface area (Å²) in [6, 6.07) is 0. The van der Waals surface area contributed by atoms with E-state index in [1.165, 1.54) is 193 Å². The van der Waals surface area contributed by atoms with Gasteiger partial charge in [-0.25, -0.2) is 0 Å². The molecule has 0 aromatic rings. The molecule has 1 N–H and O–H groups in total. The number of esters is 1. The van der Waals surface area contributed by atoms with Crippen molar-refractivity contribution in [2.24, 2.45) is 0 Å². The molecule has 0 aliphatic rings. The Morgan fingerprint density at radius 3 is 1.19 bits per heavy atom. The van der Waals surface area contributed by atoms with Crippen LogP contribution in [0.2, 0.25) is 0 Å². The first kappa shape index (κ1) is 50.4. The SMILES string of the molecule is CCCCC/C=C\C/C=C\CCCCCCCCCCCCCC(=O)OC(CCCCCCCCCCCCCCCCCCCC)CCC(=O)O. The first-order chi connectivity index (χ1) is 25.6. The lowest BCUT2D eigenvalue weighted by molar-refractivity contribution is -0.151. The van der Waals surface area contributed by atoms with Gasteiger partial charge in [0.2, 0.25) is 0 Å². The third-order valence-electron chi connectivity index (χ3n) is 10.7. The van der Waals surface area contributed by atoms with Gasteiger partial charge < -0.3 is 9.84 Å². The van der Waals surface area contributed by atoms with Crippen LogP contribution in [-0.4, -0.2) is 23.1 Å². The molecule has 1 atom stereocenters. The average molecular weight is 731 g/mol. The molecule has 0 aromatic heterocycles. The number of carbonyl (C=O) groups excluding carboxylic acids is 1. The van der Waals surface area contributed by atoms with Crippen molar-refractivity contribution in [3.63, 3.8) is 0 Å². The molecule has 306 valence electrons. The normalized spacial score (nSPS) is 12.3. The van der Waals surface area contributed by atoms with Crippen molar-refractivity contribution in [2.75, 3.05) is 0 Å². The summed E-state index contributed by atoms with van der Waals surface area (Å²) in [6.45, 7) is 4.54. The second kappa shape index (κ2) is 43.8. The molecule has 0 rings (SSSR count). The molecule has 0 saturated carbocycles. The zero-order valence-corrected chi connectivity index (χ0v) is 35.1. The van der Waals surface area contributed by atoms with Crippen LogP contribution in [0.25, 0.3) is 0 Å². The molecule has 4 nitrogen and oxygen atoms in total. The molecule has 0 aromatic carbocycles. The molecule has 0 bridgehead atoms. The van der Waals surface area contributed by atoms with Crippen LogP contribution in [-0.2, 0) is 14.3 Å². The highest BCUT2D eigenvalue weighted by Crippen LogP contribution is 2.18. The van der Waals surface area contributed by atoms with E-state index in [0.717, 1.165) is 38.5 Å². The van der Waals surface area contributed by atoms with Gasteiger partial charge in [0.05, 0.1) is 0 Å². The standard InChI is InChI=1S/C48H90O4/c1-3-5-7-9-11-13-15-17-19-21-23-24-25-27-29-31-33-35-37-39-41-43-48(51)52-46(44-45-47(49)50)42-40-38-36-34-32-30-28-26-22-20-18-16-14-12-10-8-6-4-2/h11,13,17,19,46H,3-10,12,14-16,18,20-45H2,1-2H3,(H,49,50)/b13-11-,19-17-. The fourth-order valence-corrected chi connectivity index (χ4v) is 7.21. The molecule has 52 heavy (non-hydrogen) atoms. The van der Waals surface area contributed by atoms with Gasteiger partial charge in [-0.3, -0.25) is 9.59 Å². The van der Waals surface area contributed by atoms with Gasteiger partial charge in [0.1, 0.15) is 6.10 Å². The van der Waals surface area contributed by atoms with Crippen molar-refractivity contribution in [2.45, 2.75) is 270 Å². The summed E-state index contributed by atoms with van der Waals surface area (Å²) in [7, 11) is 0. The molecular formula is C48H90O4. The molecule has 0 aliphatic carbocycles. The molecule has 1 unspecified atom stereocenters. The number of carbonyl (C=O) groups is 2. The maximum absolute atomic E-state index is 12.5. The summed E-state index contributed by atoms with van der Waals surface area (Å²) < 4.78 is 5.77. The second-order valence-corrected chi connectivity index (χ2v) is 15.9. The molecule has 0 aliphatic heterocycles. The molecule has 4 heteroatoms. The van der Waals surface area contributed by atoms with Crippen LogP contribution in [0.1, 0.15) is 264 Å². The van der Waals surface area contributed by atoms with E-state index in [-0.39, 0.29) is 18.5 Å². The Hall–Kier alpha value is -1.58. The largest absolute Gasteiger partial charge is 0.481 e. The third-order valence-corrected chi connectivity index (χ3v) is 10.7.